The van der Waals surface area contributed by atoms with Crippen molar-refractivity contribution in [2.24, 2.45) is 0 Å². The molecule has 1 unspecified atom stereocenters. The lowest BCUT2D eigenvalue weighted by Gasteiger charge is -2.15. The van der Waals surface area contributed by atoms with Gasteiger partial charge in [-0.3, -0.25) is 14.4 Å². The van der Waals surface area contributed by atoms with Crippen LogP contribution in [-0.4, -0.2) is 28.0 Å². The summed E-state index contributed by atoms with van der Waals surface area (Å²) >= 11 is 4.42. The van der Waals surface area contributed by atoms with Crippen molar-refractivity contribution in [3.8, 4) is 10.6 Å². The van der Waals surface area contributed by atoms with Gasteiger partial charge in [0.05, 0.1) is 15.8 Å². The highest BCUT2D eigenvalue weighted by Gasteiger charge is 2.21. The molecule has 0 aliphatic rings. The van der Waals surface area contributed by atoms with Gasteiger partial charge in [-0.1, -0.05) is 75.4 Å². The number of nitrogens with zero attached hydrogens (tertiary/aromatic N) is 1. The summed E-state index contributed by atoms with van der Waals surface area (Å²) in [6.45, 7) is 6.20. The first kappa shape index (κ1) is 32.9. The Kier molecular flexibility index (Phi) is 11.2. The molecule has 0 saturated heterocycles. The Labute approximate surface area is 281 Å². The van der Waals surface area contributed by atoms with E-state index >= 15 is 0 Å². The van der Waals surface area contributed by atoms with Gasteiger partial charge in [-0.05, 0) is 71.3 Å². The second-order valence-electron chi connectivity index (χ2n) is 10.7. The number of thiazole rings is 1. The fourth-order valence-electron chi connectivity index (χ4n) is 4.47. The Morgan fingerprint density at radius 1 is 0.891 bits per heavy atom. The molecule has 5 aromatic rings. The first-order valence-electron chi connectivity index (χ1n) is 14.9. The van der Waals surface area contributed by atoms with E-state index in [1.54, 1.807) is 47.7 Å². The van der Waals surface area contributed by atoms with Crippen molar-refractivity contribution in [2.75, 3.05) is 10.6 Å². The first-order valence-corrected chi connectivity index (χ1v) is 17.5. The number of thiophene rings is 1. The number of nitrogens with one attached hydrogen (secondary N) is 3. The fourth-order valence-corrected chi connectivity index (χ4v) is 6.96. The van der Waals surface area contributed by atoms with Gasteiger partial charge in [-0.25, -0.2) is 4.98 Å². The number of hydrogen-bond donors (Lipinski definition) is 3. The Morgan fingerprint density at radius 2 is 1.67 bits per heavy atom. The summed E-state index contributed by atoms with van der Waals surface area (Å²) in [5, 5.41) is 12.8. The lowest BCUT2D eigenvalue weighted by molar-refractivity contribution is -0.116. The summed E-state index contributed by atoms with van der Waals surface area (Å²) in [6, 6.07) is 28.0. The van der Waals surface area contributed by atoms with Crippen LogP contribution in [0.15, 0.2) is 112 Å². The average Bonchev–Trinajstić information content (AvgIpc) is 3.77. The Balaban J connectivity index is 1.29. The lowest BCUT2D eigenvalue weighted by Crippen LogP contribution is -2.30. The van der Waals surface area contributed by atoms with Crippen molar-refractivity contribution in [1.82, 2.24) is 10.3 Å². The van der Waals surface area contributed by atoms with Crippen LogP contribution >= 0.6 is 34.4 Å². The van der Waals surface area contributed by atoms with Crippen LogP contribution in [0.2, 0.25) is 0 Å². The van der Waals surface area contributed by atoms with Gasteiger partial charge < -0.3 is 16.0 Å². The number of rotatable bonds is 12. The summed E-state index contributed by atoms with van der Waals surface area (Å²) < 4.78 is 0. The SMILES string of the molecule is CCC(Sc1cccc(NC(=O)/C(=C\c2ccc(C(C)C)cc2)NC(=O)c2ccccc2)c1)C(=O)Nc1nc(-c2cccs2)cs1. The van der Waals surface area contributed by atoms with Crippen LogP contribution < -0.4 is 16.0 Å². The van der Waals surface area contributed by atoms with Crippen molar-refractivity contribution in [3.63, 3.8) is 0 Å². The van der Waals surface area contributed by atoms with E-state index in [-0.39, 0.29) is 22.8 Å². The number of carbonyl (C=O) groups excluding carboxylic acids is 3. The molecule has 0 fully saturated rings. The summed E-state index contributed by atoms with van der Waals surface area (Å²) in [4.78, 5) is 46.2. The number of aromatic nitrogens is 1. The van der Waals surface area contributed by atoms with Gasteiger partial charge in [-0.2, -0.15) is 0 Å². The number of thioether (sulfide) groups is 1. The molecular weight excluding hydrogens is 633 g/mol. The quantitative estimate of drug-likeness (QED) is 0.0912. The number of amides is 3. The van der Waals surface area contributed by atoms with Crippen LogP contribution in [0.4, 0.5) is 10.8 Å². The van der Waals surface area contributed by atoms with Crippen molar-refractivity contribution in [3.05, 3.63) is 124 Å². The van der Waals surface area contributed by atoms with Crippen molar-refractivity contribution >= 4 is 69.1 Å². The molecule has 3 N–H and O–H groups in total. The third-order valence-corrected chi connectivity index (χ3v) is 9.99. The zero-order valence-corrected chi connectivity index (χ0v) is 28.1. The molecular formula is C36H34N4O3S3. The highest BCUT2D eigenvalue weighted by Crippen LogP contribution is 2.31. The third-order valence-electron chi connectivity index (χ3n) is 6.98. The van der Waals surface area contributed by atoms with E-state index in [0.29, 0.717) is 28.7 Å². The molecule has 5 rings (SSSR count). The normalized spacial score (nSPS) is 12.0. The van der Waals surface area contributed by atoms with Crippen LogP contribution in [0, 0.1) is 0 Å². The van der Waals surface area contributed by atoms with Gasteiger partial charge in [0.25, 0.3) is 11.8 Å². The summed E-state index contributed by atoms with van der Waals surface area (Å²) in [7, 11) is 0. The maximum absolute atomic E-state index is 13.6. The number of benzene rings is 3. The molecule has 234 valence electrons. The fraction of sp³-hybridized carbons (Fsp3) is 0.167. The van der Waals surface area contributed by atoms with Crippen LogP contribution in [0.25, 0.3) is 16.6 Å². The van der Waals surface area contributed by atoms with Crippen molar-refractivity contribution < 1.29 is 14.4 Å². The van der Waals surface area contributed by atoms with E-state index in [2.05, 4.69) is 34.8 Å². The number of hydrogen-bond acceptors (Lipinski definition) is 7. The minimum atomic E-state index is -0.463. The first-order chi connectivity index (χ1) is 22.3. The summed E-state index contributed by atoms with van der Waals surface area (Å²) in [5.74, 6) is -0.607. The molecule has 0 bridgehead atoms. The molecule has 3 amide bonds. The smallest absolute Gasteiger partial charge is 0.272 e. The molecule has 0 aliphatic heterocycles. The average molecular weight is 667 g/mol. The van der Waals surface area contributed by atoms with Gasteiger partial charge >= 0.3 is 0 Å². The molecule has 3 aromatic carbocycles. The van der Waals surface area contributed by atoms with E-state index in [4.69, 9.17) is 0 Å². The molecule has 0 spiro atoms. The van der Waals surface area contributed by atoms with Crippen molar-refractivity contribution in [2.45, 2.75) is 43.3 Å². The van der Waals surface area contributed by atoms with Gasteiger partial charge in [0.15, 0.2) is 5.13 Å². The lowest BCUT2D eigenvalue weighted by atomic mass is 10.0. The van der Waals surface area contributed by atoms with E-state index < -0.39 is 5.91 Å². The van der Waals surface area contributed by atoms with Crippen molar-refractivity contribution in [1.29, 1.82) is 0 Å². The van der Waals surface area contributed by atoms with Crippen LogP contribution in [0.1, 0.15) is 54.6 Å². The number of carbonyl (C=O) groups is 3. The monoisotopic (exact) mass is 666 g/mol. The van der Waals surface area contributed by atoms with E-state index in [9.17, 15) is 14.4 Å². The van der Waals surface area contributed by atoms with Crippen LogP contribution in [0.5, 0.6) is 0 Å². The highest BCUT2D eigenvalue weighted by molar-refractivity contribution is 8.00. The zero-order chi connectivity index (χ0) is 32.5. The standard InChI is InChI=1S/C36H34N4O3S3/c1-4-31(35(43)40-36-39-30(22-45-36)32-14-9-19-44-32)46-28-13-8-12-27(21-28)37-34(42)29(38-33(41)26-10-6-5-7-11-26)20-24-15-17-25(18-16-24)23(2)3/h5-23,31H,4H2,1-3H3,(H,37,42)(H,38,41)(H,39,40,43)/b29-20+. The van der Waals surface area contributed by atoms with E-state index in [1.165, 1.54) is 28.7 Å². The summed E-state index contributed by atoms with van der Waals surface area (Å²) in [5.41, 5.74) is 3.91. The predicted octanol–water partition coefficient (Wildman–Crippen LogP) is 8.91. The topological polar surface area (TPSA) is 100 Å². The highest BCUT2D eigenvalue weighted by atomic mass is 32.2. The molecule has 46 heavy (non-hydrogen) atoms. The predicted molar refractivity (Wildman–Crippen MR) is 191 cm³/mol. The molecule has 0 radical (unpaired) electrons. The summed E-state index contributed by atoms with van der Waals surface area (Å²) in [6.07, 6.45) is 2.27. The molecule has 0 saturated carbocycles. The van der Waals surface area contributed by atoms with Crippen LogP contribution in [-0.2, 0) is 9.59 Å². The second-order valence-corrected chi connectivity index (χ2v) is 13.8. The van der Waals surface area contributed by atoms with Gasteiger partial charge in [0, 0.05) is 21.5 Å². The maximum Gasteiger partial charge on any atom is 0.272 e. The molecule has 0 aliphatic carbocycles. The molecule has 1 atom stereocenters. The van der Waals surface area contributed by atoms with Gasteiger partial charge in [0.1, 0.15) is 5.70 Å². The Bertz CT molecular complexity index is 1810. The molecule has 7 nitrogen and oxygen atoms in total. The van der Waals surface area contributed by atoms with E-state index in [1.807, 2.05) is 78.3 Å². The largest absolute Gasteiger partial charge is 0.321 e. The number of anilines is 2. The molecule has 2 heterocycles. The minimum Gasteiger partial charge on any atom is -0.321 e. The molecule has 2 aromatic heterocycles. The van der Waals surface area contributed by atoms with Gasteiger partial charge in [0.2, 0.25) is 5.91 Å². The van der Waals surface area contributed by atoms with Gasteiger partial charge in [-0.15, -0.1) is 34.4 Å². The maximum atomic E-state index is 13.6. The molecule has 10 heteroatoms. The minimum absolute atomic E-state index is 0.111. The zero-order valence-electron chi connectivity index (χ0n) is 25.7. The Morgan fingerprint density at radius 3 is 2.37 bits per heavy atom. The third kappa shape index (κ3) is 8.81. The Hall–Kier alpha value is -4.51. The van der Waals surface area contributed by atoms with Crippen LogP contribution in [0.3, 0.4) is 0 Å². The second kappa shape index (κ2) is 15.7. The van der Waals surface area contributed by atoms with E-state index in [0.717, 1.165) is 21.0 Å².